The summed E-state index contributed by atoms with van der Waals surface area (Å²) in [6.07, 6.45) is 8.22. The van der Waals surface area contributed by atoms with Gasteiger partial charge in [0.05, 0.1) is 52.4 Å². The molecule has 0 unspecified atom stereocenters. The highest BCUT2D eigenvalue weighted by atomic mass is 32.2. The van der Waals surface area contributed by atoms with E-state index < -0.39 is 26.0 Å². The van der Waals surface area contributed by atoms with Crippen molar-refractivity contribution in [3.63, 3.8) is 0 Å². The number of aryl methyl sites for hydroxylation is 2. The number of H-pyrrole nitrogens is 2. The molecule has 21 heteroatoms. The number of aromatic carboxylic acids is 1. The molecule has 4 aromatic heterocycles. The van der Waals surface area contributed by atoms with Crippen molar-refractivity contribution in [2.75, 3.05) is 48.3 Å². The minimum absolute atomic E-state index is 0.000408. The molecule has 2 aromatic carbocycles. The fourth-order valence-corrected chi connectivity index (χ4v) is 8.84. The van der Waals surface area contributed by atoms with Gasteiger partial charge < -0.3 is 15.3 Å². The third kappa shape index (κ3) is 10.5. The van der Waals surface area contributed by atoms with Gasteiger partial charge in [-0.3, -0.25) is 33.2 Å². The minimum Gasteiger partial charge on any atom is -0.478 e. The van der Waals surface area contributed by atoms with E-state index >= 15 is 0 Å². The molecule has 0 aliphatic carbocycles. The lowest BCUT2D eigenvalue weighted by Crippen LogP contribution is -2.39. The maximum Gasteiger partial charge on any atom is 0.337 e. The number of aromatic amines is 2. The minimum atomic E-state index is -3.53. The van der Waals surface area contributed by atoms with E-state index in [9.17, 15) is 36.0 Å². The number of aromatic nitrogens is 6. The first-order valence-electron chi connectivity index (χ1n) is 21.1. The quantitative estimate of drug-likeness (QED) is 0.163. The number of hydrogen-bond acceptors (Lipinski definition) is 11. The number of piperidine rings is 2. The fraction of sp³-hybridized carbons (Fsp3) is 0.409. The van der Waals surface area contributed by atoms with Crippen LogP contribution in [0, 0.1) is 27.7 Å². The number of para-hydroxylation sites is 2. The Morgan fingerprint density at radius 2 is 1.17 bits per heavy atom. The van der Waals surface area contributed by atoms with Gasteiger partial charge in [-0.05, 0) is 90.6 Å². The van der Waals surface area contributed by atoms with E-state index in [-0.39, 0.29) is 34.3 Å². The summed E-state index contributed by atoms with van der Waals surface area (Å²) in [5.74, 6) is -1.40. The fourth-order valence-electron chi connectivity index (χ4n) is 7.81. The summed E-state index contributed by atoms with van der Waals surface area (Å²) in [6.45, 7) is 8.81. The van der Waals surface area contributed by atoms with Crippen LogP contribution in [-0.4, -0.2) is 108 Å². The van der Waals surface area contributed by atoms with Crippen LogP contribution in [0.1, 0.15) is 105 Å². The molecule has 2 saturated heterocycles. The van der Waals surface area contributed by atoms with Crippen molar-refractivity contribution in [3.8, 4) is 0 Å². The van der Waals surface area contributed by atoms with Crippen LogP contribution >= 0.6 is 0 Å². The molecular formula is C44H56N10O9S2. The van der Waals surface area contributed by atoms with E-state index in [2.05, 4.69) is 25.5 Å². The number of hydrogen-bond donors (Lipinski definition) is 4. The molecule has 6 aromatic rings. The Morgan fingerprint density at radius 1 is 0.692 bits per heavy atom. The predicted molar refractivity (Wildman–Crippen MR) is 249 cm³/mol. The van der Waals surface area contributed by atoms with Gasteiger partial charge in [0.1, 0.15) is 0 Å². The maximum atomic E-state index is 13.6. The van der Waals surface area contributed by atoms with Crippen molar-refractivity contribution in [3.05, 3.63) is 126 Å². The number of sulfonamides is 2. The zero-order valence-corrected chi connectivity index (χ0v) is 39.4. The van der Waals surface area contributed by atoms with Gasteiger partial charge in [-0.2, -0.15) is 0 Å². The van der Waals surface area contributed by atoms with E-state index in [1.165, 1.54) is 43.6 Å². The lowest BCUT2D eigenvalue weighted by atomic mass is 9.98. The van der Waals surface area contributed by atoms with Gasteiger partial charge in [-0.25, -0.2) is 40.6 Å². The average Bonchev–Trinajstić information content (AvgIpc) is 3.92. The number of amides is 1. The van der Waals surface area contributed by atoms with Crippen molar-refractivity contribution in [1.82, 2.24) is 39.4 Å². The molecule has 19 nitrogen and oxygen atoms in total. The number of carboxylic acids is 1. The Kier molecular flexibility index (Phi) is 14.4. The highest BCUT2D eigenvalue weighted by Gasteiger charge is 2.32. The number of nitrogens with zero attached hydrogens (tertiary/aromatic N) is 7. The zero-order valence-electron chi connectivity index (χ0n) is 37.7. The summed E-state index contributed by atoms with van der Waals surface area (Å²) in [6, 6.07) is 16.5. The molecule has 2 aliphatic heterocycles. The van der Waals surface area contributed by atoms with Crippen molar-refractivity contribution in [1.29, 1.82) is 0 Å². The third-order valence-electron chi connectivity index (χ3n) is 12.0. The molecule has 0 radical (unpaired) electrons. The van der Waals surface area contributed by atoms with Gasteiger partial charge in [-0.1, -0.05) is 30.7 Å². The highest BCUT2D eigenvalue weighted by Crippen LogP contribution is 2.34. The summed E-state index contributed by atoms with van der Waals surface area (Å²) >= 11 is 0. The largest absolute Gasteiger partial charge is 0.478 e. The van der Waals surface area contributed by atoms with Crippen LogP contribution in [0.5, 0.6) is 0 Å². The average molecular weight is 933 g/mol. The molecule has 0 bridgehead atoms. The number of carbonyl (C=O) groups excluding carboxylic acids is 1. The van der Waals surface area contributed by atoms with Gasteiger partial charge in [-0.15, -0.1) is 0 Å². The lowest BCUT2D eigenvalue weighted by molar-refractivity contribution is 0.0605. The Hall–Kier alpha value is -6.32. The molecular weight excluding hydrogens is 877 g/mol. The number of anilines is 2. The van der Waals surface area contributed by atoms with E-state index in [0.29, 0.717) is 52.0 Å². The predicted octanol–water partition coefficient (Wildman–Crippen LogP) is 4.64. The molecule has 348 valence electrons. The summed E-state index contributed by atoms with van der Waals surface area (Å²) in [4.78, 5) is 59.9. The number of rotatable bonds is 8. The van der Waals surface area contributed by atoms with Gasteiger partial charge in [0, 0.05) is 61.3 Å². The summed E-state index contributed by atoms with van der Waals surface area (Å²) in [5, 5.41) is 18.7. The normalized spacial score (nSPS) is 16.6. The number of benzene rings is 2. The van der Waals surface area contributed by atoms with Crippen LogP contribution in [0.2, 0.25) is 0 Å². The Balaban J connectivity index is 0.000000179. The number of likely N-dealkylation sites (tertiary alicyclic amines) is 1. The second-order valence-electron chi connectivity index (χ2n) is 16.4. The number of nitrogens with one attached hydrogen (secondary N) is 3. The molecule has 4 N–H and O–H groups in total. The Labute approximate surface area is 377 Å². The molecule has 2 fully saturated rings. The van der Waals surface area contributed by atoms with Crippen molar-refractivity contribution in [2.45, 2.75) is 78.3 Å². The van der Waals surface area contributed by atoms with Crippen LogP contribution in [0.25, 0.3) is 11.3 Å². The van der Waals surface area contributed by atoms with Crippen LogP contribution < -0.4 is 25.0 Å². The molecule has 1 amide bonds. The lowest BCUT2D eigenvalue weighted by Gasteiger charge is -2.36. The van der Waals surface area contributed by atoms with Crippen molar-refractivity contribution >= 4 is 54.6 Å². The Bertz CT molecular complexity index is 3100. The summed E-state index contributed by atoms with van der Waals surface area (Å²) in [5.41, 5.74) is 6.42. The first-order chi connectivity index (χ1) is 30.6. The van der Waals surface area contributed by atoms with Crippen molar-refractivity contribution < 1.29 is 31.5 Å². The van der Waals surface area contributed by atoms with Gasteiger partial charge in [0.15, 0.2) is 11.3 Å². The summed E-state index contributed by atoms with van der Waals surface area (Å²) < 4.78 is 51.7. The topological polar surface area (TPSA) is 245 Å². The molecule has 2 aliphatic rings. The van der Waals surface area contributed by atoms with Crippen LogP contribution in [0.3, 0.4) is 0 Å². The molecule has 0 saturated carbocycles. The maximum absolute atomic E-state index is 13.6. The van der Waals surface area contributed by atoms with E-state index in [1.54, 1.807) is 59.7 Å². The SMILES string of the molecule is CN(c1ccccc1C(=O)O)S(C)(=O)=O.Cc1nc2cc([C@@H]3CCCCN3)[nH]n2c(=O)c1C.Cc1nc2cc([C@@H]3CCCCN3C(=O)c3ccccc3N(C)S(C)(=O)=O)[nH]n2c(=O)c1C. The zero-order chi connectivity index (χ0) is 47.5. The smallest absolute Gasteiger partial charge is 0.337 e. The van der Waals surface area contributed by atoms with E-state index in [0.717, 1.165) is 70.4 Å². The van der Waals surface area contributed by atoms with Gasteiger partial charge in [0.2, 0.25) is 20.0 Å². The number of carboxylic acid groups (broad SMARTS) is 1. The Morgan fingerprint density at radius 3 is 1.68 bits per heavy atom. The first-order valence-corrected chi connectivity index (χ1v) is 24.8. The molecule has 6 heterocycles. The van der Waals surface area contributed by atoms with Gasteiger partial charge >= 0.3 is 5.97 Å². The van der Waals surface area contributed by atoms with Gasteiger partial charge in [0.25, 0.3) is 17.0 Å². The highest BCUT2D eigenvalue weighted by molar-refractivity contribution is 7.92. The van der Waals surface area contributed by atoms with Crippen molar-refractivity contribution in [2.24, 2.45) is 0 Å². The second-order valence-corrected chi connectivity index (χ2v) is 20.4. The standard InChI is InChI=1S/C22H27N5O4S.C13H18N4O.C9H11NO4S/c1-14-15(2)23-20-13-17(24-27(20)21(14)28)19-11-7-8-12-26(19)22(29)16-9-5-6-10-18(16)25(3)32(4,30)31;1-8-9(2)15-12-7-11(16-17(12)13(8)18)10-5-3-4-6-14-10;1-10(15(2,13)14)8-6-4-3-5-7(8)9(11)12/h5-6,9-10,13,19,24H,7-8,11-12H2,1-4H3;7,10,14,16H,3-6H2,1-2H3;3-6H,1-2H3,(H,11,12)/t19-;10-;/m00./s1. The molecule has 8 rings (SSSR count). The van der Waals surface area contributed by atoms with Crippen LogP contribution in [-0.2, 0) is 20.0 Å². The molecule has 2 atom stereocenters. The van der Waals surface area contributed by atoms with Crippen LogP contribution in [0.4, 0.5) is 11.4 Å². The summed E-state index contributed by atoms with van der Waals surface area (Å²) in [7, 11) is -4.21. The number of fused-ring (bicyclic) bond motifs is 2. The first kappa shape index (κ1) is 48.1. The van der Waals surface area contributed by atoms with Crippen LogP contribution in [0.15, 0.2) is 70.3 Å². The molecule has 0 spiro atoms. The second kappa shape index (κ2) is 19.4. The van der Waals surface area contributed by atoms with E-state index in [1.807, 2.05) is 26.0 Å². The molecule has 65 heavy (non-hydrogen) atoms. The number of carbonyl (C=O) groups is 2. The van der Waals surface area contributed by atoms with E-state index in [4.69, 9.17) is 5.11 Å². The third-order valence-corrected chi connectivity index (χ3v) is 14.3. The monoisotopic (exact) mass is 932 g/mol.